The van der Waals surface area contributed by atoms with E-state index in [0.717, 1.165) is 10.8 Å². The second-order valence-corrected chi connectivity index (χ2v) is 5.50. The molecule has 0 spiro atoms. The number of hydrogen-bond acceptors (Lipinski definition) is 6. The number of rotatable bonds is 5. The number of nitro groups is 1. The summed E-state index contributed by atoms with van der Waals surface area (Å²) < 4.78 is 10.2. The number of nitrogens with one attached hydrogen (secondary N) is 1. The number of benzene rings is 3. The normalized spacial score (nSPS) is 10.4. The summed E-state index contributed by atoms with van der Waals surface area (Å²) in [5.41, 5.74) is 0.972. The van der Waals surface area contributed by atoms with Crippen LogP contribution in [0.5, 0.6) is 5.75 Å². The summed E-state index contributed by atoms with van der Waals surface area (Å²) in [6.45, 7) is 0. The summed E-state index contributed by atoms with van der Waals surface area (Å²) in [5, 5.41) is 16.0. The van der Waals surface area contributed by atoms with Gasteiger partial charge >= 0.3 is 5.97 Å². The van der Waals surface area contributed by atoms with Gasteiger partial charge in [-0.05, 0) is 17.5 Å². The van der Waals surface area contributed by atoms with Gasteiger partial charge in [-0.15, -0.1) is 0 Å². The van der Waals surface area contributed by atoms with Gasteiger partial charge in [0.15, 0.2) is 0 Å². The van der Waals surface area contributed by atoms with Crippen LogP contribution < -0.4 is 10.1 Å². The van der Waals surface area contributed by atoms with Crippen LogP contribution in [0.15, 0.2) is 54.6 Å². The standard InChI is InChI=1S/C19H16N2O5/c1-25-18-10-13(9-12-5-3-4-6-15(12)18)20-17-8-7-14(21(23)24)11-16(17)19(22)26-2/h3-11,20H,1-2H3. The van der Waals surface area contributed by atoms with Crippen molar-refractivity contribution < 1.29 is 19.2 Å². The third-order valence-corrected chi connectivity index (χ3v) is 3.94. The van der Waals surface area contributed by atoms with Crippen molar-refractivity contribution in [3.05, 3.63) is 70.3 Å². The third kappa shape index (κ3) is 3.27. The van der Waals surface area contributed by atoms with Crippen molar-refractivity contribution in [3.8, 4) is 5.75 Å². The largest absolute Gasteiger partial charge is 0.496 e. The molecule has 26 heavy (non-hydrogen) atoms. The average Bonchev–Trinajstić information content (AvgIpc) is 2.66. The maximum Gasteiger partial charge on any atom is 0.340 e. The van der Waals surface area contributed by atoms with Gasteiger partial charge < -0.3 is 14.8 Å². The van der Waals surface area contributed by atoms with Crippen LogP contribution >= 0.6 is 0 Å². The van der Waals surface area contributed by atoms with E-state index in [1.807, 2.05) is 30.3 Å². The summed E-state index contributed by atoms with van der Waals surface area (Å²) in [6.07, 6.45) is 0. The van der Waals surface area contributed by atoms with E-state index in [1.165, 1.54) is 25.3 Å². The lowest BCUT2D eigenvalue weighted by Crippen LogP contribution is -2.06. The molecule has 0 bridgehead atoms. The summed E-state index contributed by atoms with van der Waals surface area (Å²) in [4.78, 5) is 22.4. The first-order chi connectivity index (χ1) is 12.5. The molecule has 3 rings (SSSR count). The van der Waals surface area contributed by atoms with E-state index in [9.17, 15) is 14.9 Å². The second-order valence-electron chi connectivity index (χ2n) is 5.50. The number of non-ortho nitro benzene ring substituents is 1. The molecule has 7 heteroatoms. The van der Waals surface area contributed by atoms with E-state index < -0.39 is 10.9 Å². The van der Waals surface area contributed by atoms with E-state index in [0.29, 0.717) is 17.1 Å². The lowest BCUT2D eigenvalue weighted by atomic mass is 10.1. The van der Waals surface area contributed by atoms with Gasteiger partial charge in [-0.2, -0.15) is 0 Å². The molecule has 0 atom stereocenters. The van der Waals surface area contributed by atoms with Gasteiger partial charge in [0.2, 0.25) is 0 Å². The Morgan fingerprint density at radius 2 is 1.85 bits per heavy atom. The zero-order valence-electron chi connectivity index (χ0n) is 14.2. The van der Waals surface area contributed by atoms with Crippen LogP contribution in [-0.2, 0) is 4.74 Å². The third-order valence-electron chi connectivity index (χ3n) is 3.94. The maximum absolute atomic E-state index is 12.0. The molecule has 0 aliphatic carbocycles. The van der Waals surface area contributed by atoms with Gasteiger partial charge in [0.1, 0.15) is 5.75 Å². The molecule has 0 heterocycles. The number of carbonyl (C=O) groups excluding carboxylic acids is 1. The lowest BCUT2D eigenvalue weighted by molar-refractivity contribution is -0.384. The molecule has 0 unspecified atom stereocenters. The molecule has 132 valence electrons. The van der Waals surface area contributed by atoms with Gasteiger partial charge in [-0.25, -0.2) is 4.79 Å². The van der Waals surface area contributed by atoms with E-state index in [-0.39, 0.29) is 11.3 Å². The summed E-state index contributed by atoms with van der Waals surface area (Å²) in [7, 11) is 2.81. The van der Waals surface area contributed by atoms with Crippen LogP contribution in [0.2, 0.25) is 0 Å². The van der Waals surface area contributed by atoms with Crippen LogP contribution in [0.25, 0.3) is 10.8 Å². The number of fused-ring (bicyclic) bond motifs is 1. The fourth-order valence-corrected chi connectivity index (χ4v) is 2.71. The molecule has 0 aliphatic rings. The Labute approximate surface area is 149 Å². The quantitative estimate of drug-likeness (QED) is 0.418. The number of carbonyl (C=O) groups is 1. The van der Waals surface area contributed by atoms with Crippen LogP contribution in [-0.4, -0.2) is 25.1 Å². The predicted octanol–water partition coefficient (Wildman–Crippen LogP) is 4.29. The Morgan fingerprint density at radius 3 is 2.54 bits per heavy atom. The molecular weight excluding hydrogens is 336 g/mol. The van der Waals surface area contributed by atoms with Crippen LogP contribution in [0.3, 0.4) is 0 Å². The maximum atomic E-state index is 12.0. The number of anilines is 2. The molecule has 0 aliphatic heterocycles. The number of hydrogen-bond donors (Lipinski definition) is 1. The molecule has 3 aromatic rings. The SMILES string of the molecule is COC(=O)c1cc([N+](=O)[O-])ccc1Nc1cc(OC)c2ccccc2c1. The molecule has 0 radical (unpaired) electrons. The summed E-state index contributed by atoms with van der Waals surface area (Å²) >= 11 is 0. The van der Waals surface area contributed by atoms with E-state index in [4.69, 9.17) is 9.47 Å². The van der Waals surface area contributed by atoms with Crippen molar-refractivity contribution in [1.82, 2.24) is 0 Å². The Bertz CT molecular complexity index is 1000. The first-order valence-electron chi connectivity index (χ1n) is 7.74. The first-order valence-corrected chi connectivity index (χ1v) is 7.74. The van der Waals surface area contributed by atoms with Crippen molar-refractivity contribution in [2.45, 2.75) is 0 Å². The fraction of sp³-hybridized carbons (Fsp3) is 0.105. The van der Waals surface area contributed by atoms with Crippen molar-refractivity contribution >= 4 is 33.8 Å². The molecule has 3 aromatic carbocycles. The van der Waals surface area contributed by atoms with E-state index >= 15 is 0 Å². The Kier molecular flexibility index (Phi) is 4.70. The Balaban J connectivity index is 2.07. The summed E-state index contributed by atoms with van der Waals surface area (Å²) in [6, 6.07) is 15.4. The molecule has 0 saturated heterocycles. The zero-order valence-corrected chi connectivity index (χ0v) is 14.2. The summed E-state index contributed by atoms with van der Waals surface area (Å²) in [5.74, 6) is 0.0103. The zero-order chi connectivity index (χ0) is 18.7. The van der Waals surface area contributed by atoms with Gasteiger partial charge in [0.05, 0.1) is 30.4 Å². The van der Waals surface area contributed by atoms with Crippen molar-refractivity contribution in [1.29, 1.82) is 0 Å². The number of methoxy groups -OCH3 is 2. The molecule has 0 saturated carbocycles. The highest BCUT2D eigenvalue weighted by Crippen LogP contribution is 2.33. The van der Waals surface area contributed by atoms with Crippen molar-refractivity contribution in [2.24, 2.45) is 0 Å². The number of nitrogens with zero attached hydrogens (tertiary/aromatic N) is 1. The number of ether oxygens (including phenoxy) is 2. The topological polar surface area (TPSA) is 90.7 Å². The monoisotopic (exact) mass is 352 g/mol. The minimum absolute atomic E-state index is 0.0776. The van der Waals surface area contributed by atoms with E-state index in [2.05, 4.69) is 5.32 Å². The van der Waals surface area contributed by atoms with Gasteiger partial charge in [0.25, 0.3) is 5.69 Å². The molecule has 0 amide bonds. The van der Waals surface area contributed by atoms with E-state index in [1.54, 1.807) is 13.2 Å². The number of nitro benzene ring substituents is 1. The van der Waals surface area contributed by atoms with Gasteiger partial charge in [-0.1, -0.05) is 24.3 Å². The first kappa shape index (κ1) is 17.2. The minimum Gasteiger partial charge on any atom is -0.496 e. The average molecular weight is 352 g/mol. The Hall–Kier alpha value is -3.61. The van der Waals surface area contributed by atoms with Gasteiger partial charge in [0, 0.05) is 29.3 Å². The highest BCUT2D eigenvalue weighted by atomic mass is 16.6. The Morgan fingerprint density at radius 1 is 1.08 bits per heavy atom. The van der Waals surface area contributed by atoms with Crippen LogP contribution in [0.4, 0.5) is 17.1 Å². The van der Waals surface area contributed by atoms with Crippen molar-refractivity contribution in [2.75, 3.05) is 19.5 Å². The lowest BCUT2D eigenvalue weighted by Gasteiger charge is -2.13. The second kappa shape index (κ2) is 7.10. The smallest absolute Gasteiger partial charge is 0.340 e. The predicted molar refractivity (Wildman–Crippen MR) is 98.2 cm³/mol. The molecule has 0 aromatic heterocycles. The molecule has 0 fully saturated rings. The number of esters is 1. The van der Waals surface area contributed by atoms with Crippen LogP contribution in [0, 0.1) is 10.1 Å². The molecular formula is C19H16N2O5. The fourth-order valence-electron chi connectivity index (χ4n) is 2.71. The minimum atomic E-state index is -0.663. The molecule has 7 nitrogen and oxygen atoms in total. The molecule has 1 N–H and O–H groups in total. The van der Waals surface area contributed by atoms with Gasteiger partial charge in [-0.3, -0.25) is 10.1 Å². The highest BCUT2D eigenvalue weighted by Gasteiger charge is 2.18. The highest BCUT2D eigenvalue weighted by molar-refractivity contribution is 5.98. The van der Waals surface area contributed by atoms with Crippen LogP contribution in [0.1, 0.15) is 10.4 Å². The van der Waals surface area contributed by atoms with Crippen molar-refractivity contribution in [3.63, 3.8) is 0 Å².